The number of nitrogens with zero attached hydrogens (tertiary/aromatic N) is 4. The quantitative estimate of drug-likeness (QED) is 0.481. The third-order valence-electron chi connectivity index (χ3n) is 5.29. The summed E-state index contributed by atoms with van der Waals surface area (Å²) >= 11 is 0. The van der Waals surface area contributed by atoms with Crippen LogP contribution in [0.1, 0.15) is 44.1 Å². The predicted octanol–water partition coefficient (Wildman–Crippen LogP) is 3.45. The van der Waals surface area contributed by atoms with Gasteiger partial charge in [-0.25, -0.2) is 9.97 Å². The highest BCUT2D eigenvalue weighted by Crippen LogP contribution is 2.25. The van der Waals surface area contributed by atoms with Gasteiger partial charge in [0.05, 0.1) is 24.8 Å². The van der Waals surface area contributed by atoms with Crippen molar-refractivity contribution in [2.24, 2.45) is 5.92 Å². The normalized spacial score (nSPS) is 14.3. The molecule has 7 nitrogen and oxygen atoms in total. The van der Waals surface area contributed by atoms with Gasteiger partial charge < -0.3 is 9.64 Å². The molecule has 1 saturated heterocycles. The van der Waals surface area contributed by atoms with E-state index in [1.807, 2.05) is 44.3 Å². The summed E-state index contributed by atoms with van der Waals surface area (Å²) in [6.45, 7) is 9.55. The first-order chi connectivity index (χ1) is 14.4. The third-order valence-corrected chi connectivity index (χ3v) is 5.29. The molecule has 4 rings (SSSR count). The van der Waals surface area contributed by atoms with E-state index < -0.39 is 0 Å². The maximum absolute atomic E-state index is 12.0. The Bertz CT molecular complexity index is 1020. The Kier molecular flexibility index (Phi) is 5.53. The lowest BCUT2D eigenvalue weighted by atomic mass is 10.0. The summed E-state index contributed by atoms with van der Waals surface area (Å²) < 4.78 is 8.12. The minimum atomic E-state index is -0.0236. The van der Waals surface area contributed by atoms with Crippen molar-refractivity contribution in [1.82, 2.24) is 15.1 Å². The molecule has 156 valence electrons. The summed E-state index contributed by atoms with van der Waals surface area (Å²) in [7, 11) is 0. The third kappa shape index (κ3) is 4.20. The Hall–Kier alpha value is -3.22. The number of carbonyl (C=O) groups excluding carboxylic acids is 1. The van der Waals surface area contributed by atoms with Crippen LogP contribution in [-0.4, -0.2) is 40.0 Å². The number of aromatic amines is 1. The van der Waals surface area contributed by atoms with Crippen molar-refractivity contribution in [3.05, 3.63) is 54.6 Å². The Morgan fingerprint density at radius 1 is 1.17 bits per heavy atom. The van der Waals surface area contributed by atoms with Crippen molar-refractivity contribution >= 4 is 11.6 Å². The molecule has 3 aromatic heterocycles. The van der Waals surface area contributed by atoms with Crippen molar-refractivity contribution in [3.63, 3.8) is 0 Å². The molecule has 3 aromatic rings. The molecule has 0 aliphatic carbocycles. The molecule has 30 heavy (non-hydrogen) atoms. The lowest BCUT2D eigenvalue weighted by molar-refractivity contribution is -0.767. The average molecular weight is 407 g/mol. The van der Waals surface area contributed by atoms with Crippen LogP contribution in [0.5, 0.6) is 5.88 Å². The van der Waals surface area contributed by atoms with Crippen LogP contribution in [0, 0.1) is 5.92 Å². The van der Waals surface area contributed by atoms with E-state index in [-0.39, 0.29) is 17.8 Å². The van der Waals surface area contributed by atoms with E-state index in [1.165, 1.54) is 0 Å². The summed E-state index contributed by atoms with van der Waals surface area (Å²) in [6.07, 6.45) is 7.59. The number of carbonyl (C=O) groups is 1. The van der Waals surface area contributed by atoms with Gasteiger partial charge in [0.15, 0.2) is 11.8 Å². The Labute approximate surface area is 176 Å². The van der Waals surface area contributed by atoms with Crippen molar-refractivity contribution in [3.8, 4) is 17.0 Å². The van der Waals surface area contributed by atoms with Gasteiger partial charge in [-0.2, -0.15) is 5.10 Å². The van der Waals surface area contributed by atoms with E-state index >= 15 is 0 Å². The zero-order valence-electron chi connectivity index (χ0n) is 17.9. The molecule has 0 radical (unpaired) electrons. The summed E-state index contributed by atoms with van der Waals surface area (Å²) in [5.41, 5.74) is 2.83. The number of hydrogen-bond acceptors (Lipinski definition) is 5. The molecule has 1 fully saturated rings. The molecular weight excluding hydrogens is 378 g/mol. The van der Waals surface area contributed by atoms with Crippen LogP contribution >= 0.6 is 0 Å². The van der Waals surface area contributed by atoms with Crippen molar-refractivity contribution < 1.29 is 14.2 Å². The molecule has 1 aliphatic rings. The molecule has 0 bridgehead atoms. The number of aromatic nitrogens is 4. The van der Waals surface area contributed by atoms with Gasteiger partial charge in [0.2, 0.25) is 12.1 Å². The summed E-state index contributed by atoms with van der Waals surface area (Å²) in [6, 6.07) is 8.09. The molecule has 0 spiro atoms. The van der Waals surface area contributed by atoms with E-state index in [9.17, 15) is 4.79 Å². The smallest absolute Gasteiger partial charge is 0.214 e. The Balaban J connectivity index is 1.35. The number of hydrogen-bond donors (Lipinski definition) is 1. The van der Waals surface area contributed by atoms with E-state index in [4.69, 9.17) is 4.74 Å². The van der Waals surface area contributed by atoms with Gasteiger partial charge in [-0.05, 0) is 37.6 Å². The molecule has 0 saturated carbocycles. The van der Waals surface area contributed by atoms with Crippen LogP contribution in [0.2, 0.25) is 0 Å². The average Bonchev–Trinajstić information content (AvgIpc) is 3.21. The predicted molar refractivity (Wildman–Crippen MR) is 115 cm³/mol. The number of rotatable bonds is 7. The Morgan fingerprint density at radius 3 is 2.60 bits per heavy atom. The lowest BCUT2D eigenvalue weighted by Crippen LogP contribution is -2.54. The summed E-state index contributed by atoms with van der Waals surface area (Å²) in [4.78, 5) is 23.0. The van der Waals surface area contributed by atoms with E-state index in [0.717, 1.165) is 30.0 Å². The number of nitrogens with one attached hydrogen (secondary N) is 1. The maximum atomic E-state index is 12.0. The van der Waals surface area contributed by atoms with Crippen LogP contribution in [0.15, 0.2) is 49.1 Å². The van der Waals surface area contributed by atoms with Crippen LogP contribution in [0.4, 0.5) is 5.82 Å². The van der Waals surface area contributed by atoms with Crippen molar-refractivity contribution in [2.75, 3.05) is 18.0 Å². The second-order valence-corrected chi connectivity index (χ2v) is 8.31. The second-order valence-electron chi connectivity index (χ2n) is 8.31. The number of Topliss-reactive ketones (excluding diaryl/α,β-unsaturated/α-hetero) is 1. The number of ether oxygens (including phenoxy) is 1. The number of anilines is 1. The van der Waals surface area contributed by atoms with Gasteiger partial charge in [-0.3, -0.25) is 4.79 Å². The first-order valence-electron chi connectivity index (χ1n) is 10.4. The molecule has 7 heteroatoms. The first-order valence-corrected chi connectivity index (χ1v) is 10.4. The fourth-order valence-corrected chi connectivity index (χ4v) is 3.40. The monoisotopic (exact) mass is 406 g/mol. The van der Waals surface area contributed by atoms with E-state index in [1.54, 1.807) is 12.4 Å². The van der Waals surface area contributed by atoms with Crippen LogP contribution < -0.4 is 14.3 Å². The van der Waals surface area contributed by atoms with Gasteiger partial charge in [0.25, 0.3) is 0 Å². The molecule has 0 amide bonds. The van der Waals surface area contributed by atoms with Crippen molar-refractivity contribution in [2.45, 2.75) is 39.8 Å². The fourth-order valence-electron chi connectivity index (χ4n) is 3.40. The maximum Gasteiger partial charge on any atom is 0.214 e. The molecule has 1 N–H and O–H groups in total. The van der Waals surface area contributed by atoms with E-state index in [2.05, 4.69) is 44.7 Å². The topological polar surface area (TPSA) is 75.0 Å². The molecule has 4 heterocycles. The van der Waals surface area contributed by atoms with Crippen LogP contribution in [0.25, 0.3) is 11.1 Å². The van der Waals surface area contributed by atoms with Crippen LogP contribution in [0.3, 0.4) is 0 Å². The Morgan fingerprint density at radius 2 is 1.97 bits per heavy atom. The highest BCUT2D eigenvalue weighted by Gasteiger charge is 2.30. The minimum absolute atomic E-state index is 0.0236. The number of H-pyrrole nitrogens is 1. The van der Waals surface area contributed by atoms with Gasteiger partial charge in [-0.15, -0.1) is 4.68 Å². The van der Waals surface area contributed by atoms with Gasteiger partial charge >= 0.3 is 0 Å². The standard InChI is InChI=1S/C23H27N5O2/c1-15(2)23(29)18-5-6-21(25-10-18)27-13-20(14-27)30-22-9-17(7-8-24-22)19-11-26-28(12-19)16(3)4/h5-12,15-16,20H,13-14H2,1-4H3/p+1. The highest BCUT2D eigenvalue weighted by molar-refractivity contribution is 5.97. The van der Waals surface area contributed by atoms with Gasteiger partial charge in [0.1, 0.15) is 11.9 Å². The van der Waals surface area contributed by atoms with Crippen molar-refractivity contribution in [1.29, 1.82) is 0 Å². The minimum Gasteiger partial charge on any atom is -0.471 e. The zero-order chi connectivity index (χ0) is 21.3. The zero-order valence-corrected chi connectivity index (χ0v) is 17.9. The highest BCUT2D eigenvalue weighted by atomic mass is 16.5. The molecule has 0 aromatic carbocycles. The van der Waals surface area contributed by atoms with Crippen LogP contribution in [-0.2, 0) is 0 Å². The van der Waals surface area contributed by atoms with Gasteiger partial charge in [0, 0.05) is 29.9 Å². The number of ketones is 1. The summed E-state index contributed by atoms with van der Waals surface area (Å²) in [5.74, 6) is 1.58. The molecule has 0 unspecified atom stereocenters. The SMILES string of the molecule is CC(C)C(=O)c1ccc(N2CC(Oc3cc(-c4c[nH][n+](C(C)C)c4)ccn3)C2)nc1. The van der Waals surface area contributed by atoms with E-state index in [0.29, 0.717) is 17.5 Å². The largest absolute Gasteiger partial charge is 0.471 e. The molecule has 0 atom stereocenters. The molecular formula is C23H28N5O2+. The summed E-state index contributed by atoms with van der Waals surface area (Å²) in [5, 5.41) is 3.25. The fraction of sp³-hybridized carbons (Fsp3) is 0.391. The first kappa shape index (κ1) is 20.1. The number of pyridine rings is 2. The van der Waals surface area contributed by atoms with Gasteiger partial charge in [-0.1, -0.05) is 13.8 Å². The molecule has 1 aliphatic heterocycles. The lowest BCUT2D eigenvalue weighted by Gasteiger charge is -2.39. The second kappa shape index (κ2) is 8.26.